The summed E-state index contributed by atoms with van der Waals surface area (Å²) < 4.78 is 5.10. The average molecular weight is 422 g/mol. The smallest absolute Gasteiger partial charge is 0.367 e. The van der Waals surface area contributed by atoms with Crippen LogP contribution in [0.3, 0.4) is 0 Å². The number of carbonyl (C=O) groups is 2. The summed E-state index contributed by atoms with van der Waals surface area (Å²) in [6, 6.07) is -0.760. The van der Waals surface area contributed by atoms with E-state index in [1.807, 2.05) is 55.4 Å². The van der Waals surface area contributed by atoms with E-state index < -0.39 is 46.4 Å². The molecule has 0 aliphatic heterocycles. The van der Waals surface area contributed by atoms with Crippen LogP contribution in [-0.2, 0) is 14.3 Å². The zero-order valence-corrected chi connectivity index (χ0v) is 19.8. The Kier molecular flexibility index (Phi) is 9.05. The van der Waals surface area contributed by atoms with Crippen molar-refractivity contribution in [2.24, 2.45) is 22.6 Å². The molecule has 4 N–H and O–H groups in total. The molecule has 0 aromatic carbocycles. The number of carbonyl (C=O) groups excluding carboxylic acids is 1. The minimum Gasteiger partial charge on any atom is -0.481 e. The zero-order chi connectivity index (χ0) is 22.7. The molecule has 0 saturated carbocycles. The number of aliphatic hydroxyl groups excluding tert-OH is 1. The fourth-order valence-corrected chi connectivity index (χ4v) is 3.60. The van der Waals surface area contributed by atoms with Crippen LogP contribution >= 0.6 is 12.6 Å². The number of nitrogens with two attached hydrogens (primary N) is 1. The fraction of sp³-hybridized carbons (Fsp3) is 0.900. The Hall–Kier alpha value is -0.830. The van der Waals surface area contributed by atoms with Crippen molar-refractivity contribution >= 4 is 24.6 Å². The molecule has 0 rings (SSSR count). The molecule has 166 valence electrons. The van der Waals surface area contributed by atoms with Crippen molar-refractivity contribution in [3.63, 3.8) is 0 Å². The molecule has 0 saturated heterocycles. The fourth-order valence-electron chi connectivity index (χ4n) is 3.50. The number of thiol groups is 1. The van der Waals surface area contributed by atoms with Crippen LogP contribution in [0.1, 0.15) is 61.8 Å². The van der Waals surface area contributed by atoms with Crippen LogP contribution in [0.25, 0.3) is 0 Å². The van der Waals surface area contributed by atoms with Crippen LogP contribution in [0.5, 0.6) is 0 Å². The number of quaternary nitrogens is 1. The number of rotatable bonds is 9. The van der Waals surface area contributed by atoms with Gasteiger partial charge in [-0.2, -0.15) is 18.5 Å². The normalized spacial score (nSPS) is 18.7. The molecule has 0 aromatic heterocycles. The molecular formula is C20H41N2O5S+. The third-order valence-corrected chi connectivity index (χ3v) is 5.98. The first kappa shape index (κ1) is 27.2. The highest BCUT2D eigenvalue weighted by molar-refractivity contribution is 7.80. The van der Waals surface area contributed by atoms with Gasteiger partial charge in [-0.1, -0.05) is 41.5 Å². The Labute approximate surface area is 175 Å². The molecule has 7 nitrogen and oxygen atoms in total. The van der Waals surface area contributed by atoms with Crippen molar-refractivity contribution in [3.05, 3.63) is 0 Å². The standard InChI is InChI=1S/C20H40N2O5S/c1-18(2,3)14(16(24)25)10-20(7,8)22(9,21)15(19(4,5)6)17(26)27-11-13(23)12-28/h13-15,23H,10-12,21H2,1-9H3,(H-,24,25,28)/p+1. The van der Waals surface area contributed by atoms with E-state index in [4.69, 9.17) is 10.6 Å². The molecule has 0 amide bonds. The van der Waals surface area contributed by atoms with E-state index in [1.165, 1.54) is 0 Å². The second kappa shape index (κ2) is 9.32. The van der Waals surface area contributed by atoms with Crippen LogP contribution in [0.2, 0.25) is 0 Å². The van der Waals surface area contributed by atoms with Crippen molar-refractivity contribution in [1.82, 2.24) is 0 Å². The lowest BCUT2D eigenvalue weighted by Gasteiger charge is -2.51. The second-order valence-electron chi connectivity index (χ2n) is 10.7. The van der Waals surface area contributed by atoms with E-state index in [9.17, 15) is 19.8 Å². The molecule has 0 radical (unpaired) electrons. The first-order valence-electron chi connectivity index (χ1n) is 9.62. The number of ether oxygens (including phenoxy) is 1. The van der Waals surface area contributed by atoms with Gasteiger partial charge in [0.05, 0.1) is 19.1 Å². The maximum absolute atomic E-state index is 12.9. The number of hydrogen-bond acceptors (Lipinski definition) is 6. The molecule has 4 unspecified atom stereocenters. The summed E-state index contributed by atoms with van der Waals surface area (Å²) in [6.45, 7) is 14.9. The first-order valence-corrected chi connectivity index (χ1v) is 10.3. The maximum Gasteiger partial charge on any atom is 0.367 e. The monoisotopic (exact) mass is 421 g/mol. The number of aliphatic carboxylic acids is 1. The summed E-state index contributed by atoms with van der Waals surface area (Å²) in [5, 5.41) is 19.4. The molecule has 4 atom stereocenters. The number of carboxylic acids is 1. The predicted octanol–water partition coefficient (Wildman–Crippen LogP) is 2.47. The van der Waals surface area contributed by atoms with Crippen LogP contribution in [0.4, 0.5) is 0 Å². The summed E-state index contributed by atoms with van der Waals surface area (Å²) >= 11 is 3.99. The maximum atomic E-state index is 12.9. The van der Waals surface area contributed by atoms with Crippen molar-refractivity contribution in [1.29, 1.82) is 0 Å². The first-order chi connectivity index (χ1) is 12.3. The van der Waals surface area contributed by atoms with Gasteiger partial charge < -0.3 is 14.9 Å². The SMILES string of the molecule is CC(C)(C)C(CC(C)(C)[N+](C)(N)C(C(=O)OCC(O)CS)C(C)(C)C)C(=O)O. The van der Waals surface area contributed by atoms with Gasteiger partial charge in [0.1, 0.15) is 12.1 Å². The highest BCUT2D eigenvalue weighted by atomic mass is 32.1. The Morgan fingerprint density at radius 3 is 1.86 bits per heavy atom. The Bertz CT molecular complexity index is 550. The van der Waals surface area contributed by atoms with E-state index in [1.54, 1.807) is 7.05 Å². The van der Waals surface area contributed by atoms with Gasteiger partial charge in [0.15, 0.2) is 0 Å². The van der Waals surface area contributed by atoms with Crippen LogP contribution in [0.15, 0.2) is 0 Å². The third-order valence-electron chi connectivity index (χ3n) is 5.56. The number of nitrogens with zero attached hydrogens (tertiary/aromatic N) is 1. The summed E-state index contributed by atoms with van der Waals surface area (Å²) in [7, 11) is 1.73. The summed E-state index contributed by atoms with van der Waals surface area (Å²) in [5.41, 5.74) is -1.75. The molecule has 0 aliphatic rings. The van der Waals surface area contributed by atoms with Crippen molar-refractivity contribution in [2.75, 3.05) is 19.4 Å². The Morgan fingerprint density at radius 1 is 1.07 bits per heavy atom. The Balaban J connectivity index is 5.91. The van der Waals surface area contributed by atoms with Crippen LogP contribution in [-0.4, -0.2) is 63.8 Å². The predicted molar refractivity (Wildman–Crippen MR) is 114 cm³/mol. The quantitative estimate of drug-likeness (QED) is 0.150. The van der Waals surface area contributed by atoms with Crippen molar-refractivity contribution in [2.45, 2.75) is 79.5 Å². The molecular weight excluding hydrogens is 380 g/mol. The van der Waals surface area contributed by atoms with Crippen molar-refractivity contribution < 1.29 is 29.1 Å². The largest absolute Gasteiger partial charge is 0.481 e. The van der Waals surface area contributed by atoms with Crippen LogP contribution < -0.4 is 5.84 Å². The van der Waals surface area contributed by atoms with Crippen LogP contribution in [0, 0.1) is 16.7 Å². The molecule has 0 aliphatic carbocycles. The third kappa shape index (κ3) is 6.90. The molecule has 28 heavy (non-hydrogen) atoms. The van der Waals surface area contributed by atoms with Gasteiger partial charge in [0.2, 0.25) is 6.04 Å². The van der Waals surface area contributed by atoms with Gasteiger partial charge in [-0.25, -0.2) is 9.39 Å². The van der Waals surface area contributed by atoms with E-state index in [0.29, 0.717) is 0 Å². The number of likely N-dealkylation sites (N-methyl/N-ethyl adjacent to an activating group) is 1. The van der Waals surface area contributed by atoms with E-state index in [0.717, 1.165) is 0 Å². The zero-order valence-electron chi connectivity index (χ0n) is 18.9. The van der Waals surface area contributed by atoms with Gasteiger partial charge in [0, 0.05) is 17.6 Å². The number of aliphatic hydroxyl groups is 1. The summed E-state index contributed by atoms with van der Waals surface area (Å²) in [5.74, 6) is 4.87. The molecule has 0 aromatic rings. The lowest BCUT2D eigenvalue weighted by atomic mass is 9.72. The summed E-state index contributed by atoms with van der Waals surface area (Å²) in [4.78, 5) is 24.8. The number of esters is 1. The van der Waals surface area contributed by atoms with Crippen molar-refractivity contribution in [3.8, 4) is 0 Å². The van der Waals surface area contributed by atoms with Gasteiger partial charge in [0.25, 0.3) is 0 Å². The lowest BCUT2D eigenvalue weighted by Crippen LogP contribution is -2.74. The lowest BCUT2D eigenvalue weighted by molar-refractivity contribution is -0.987. The second-order valence-corrected chi connectivity index (χ2v) is 11.0. The topological polar surface area (TPSA) is 110 Å². The molecule has 0 bridgehead atoms. The molecule has 0 heterocycles. The molecule has 0 spiro atoms. The highest BCUT2D eigenvalue weighted by Crippen LogP contribution is 2.40. The molecule has 8 heteroatoms. The number of hydrogen-bond donors (Lipinski definition) is 4. The van der Waals surface area contributed by atoms with Gasteiger partial charge >= 0.3 is 11.9 Å². The minimum absolute atomic E-state index is 0.158. The molecule has 0 fully saturated rings. The summed E-state index contributed by atoms with van der Waals surface area (Å²) in [6.07, 6.45) is -0.562. The number of carboxylic acid groups (broad SMARTS) is 1. The Morgan fingerprint density at radius 2 is 1.54 bits per heavy atom. The van der Waals surface area contributed by atoms with E-state index in [-0.39, 0.29) is 23.4 Å². The van der Waals surface area contributed by atoms with Gasteiger partial charge in [-0.3, -0.25) is 4.79 Å². The highest BCUT2D eigenvalue weighted by Gasteiger charge is 2.55. The van der Waals surface area contributed by atoms with E-state index in [2.05, 4.69) is 12.6 Å². The van der Waals surface area contributed by atoms with E-state index >= 15 is 0 Å². The van der Waals surface area contributed by atoms with Gasteiger partial charge in [-0.05, 0) is 19.3 Å². The minimum atomic E-state index is -0.882. The average Bonchev–Trinajstić information content (AvgIpc) is 2.46. The van der Waals surface area contributed by atoms with Gasteiger partial charge in [-0.15, -0.1) is 0 Å².